The molecular formula is C7H3BrFIO. The monoisotopic (exact) mass is 328 g/mol. The summed E-state index contributed by atoms with van der Waals surface area (Å²) in [5, 5.41) is 0. The van der Waals surface area contributed by atoms with Crippen molar-refractivity contribution in [2.24, 2.45) is 0 Å². The van der Waals surface area contributed by atoms with Gasteiger partial charge >= 0.3 is 0 Å². The molecule has 0 unspecified atom stereocenters. The lowest BCUT2D eigenvalue weighted by Crippen LogP contribution is -1.92. The predicted molar refractivity (Wildman–Crippen MR) is 52.2 cm³/mol. The summed E-state index contributed by atoms with van der Waals surface area (Å²) in [6.45, 7) is 0. The normalized spacial score (nSPS) is 9.73. The van der Waals surface area contributed by atoms with E-state index in [0.29, 0.717) is 14.3 Å². The Morgan fingerprint density at radius 3 is 2.64 bits per heavy atom. The highest BCUT2D eigenvalue weighted by molar-refractivity contribution is 14.1. The van der Waals surface area contributed by atoms with Crippen LogP contribution in [0.3, 0.4) is 0 Å². The Morgan fingerprint density at radius 2 is 2.18 bits per heavy atom. The standard InChI is InChI=1S/C7H3BrFIO/c8-5-1-2-6(10)7(9)4(5)3-11/h1-3H. The quantitative estimate of drug-likeness (QED) is 0.440. The summed E-state index contributed by atoms with van der Waals surface area (Å²) in [4.78, 5) is 10.3. The summed E-state index contributed by atoms with van der Waals surface area (Å²) in [5.74, 6) is -0.463. The molecule has 0 saturated heterocycles. The van der Waals surface area contributed by atoms with Gasteiger partial charge in [-0.1, -0.05) is 0 Å². The number of benzene rings is 1. The molecule has 1 aromatic rings. The third-order valence-electron chi connectivity index (χ3n) is 1.20. The zero-order chi connectivity index (χ0) is 8.43. The van der Waals surface area contributed by atoms with Crippen molar-refractivity contribution in [3.8, 4) is 0 Å². The van der Waals surface area contributed by atoms with E-state index in [2.05, 4.69) is 15.9 Å². The predicted octanol–water partition coefficient (Wildman–Crippen LogP) is 3.01. The topological polar surface area (TPSA) is 17.1 Å². The van der Waals surface area contributed by atoms with E-state index >= 15 is 0 Å². The molecule has 0 saturated carbocycles. The van der Waals surface area contributed by atoms with Gasteiger partial charge in [0.2, 0.25) is 0 Å². The van der Waals surface area contributed by atoms with Crippen LogP contribution in [0.5, 0.6) is 0 Å². The molecule has 0 bridgehead atoms. The minimum atomic E-state index is -0.463. The summed E-state index contributed by atoms with van der Waals surface area (Å²) in [7, 11) is 0. The zero-order valence-electron chi connectivity index (χ0n) is 5.27. The average Bonchev–Trinajstić information content (AvgIpc) is 1.99. The number of rotatable bonds is 1. The van der Waals surface area contributed by atoms with Crippen molar-refractivity contribution in [3.63, 3.8) is 0 Å². The first-order valence-electron chi connectivity index (χ1n) is 2.75. The van der Waals surface area contributed by atoms with Crippen LogP contribution in [0.4, 0.5) is 4.39 Å². The molecule has 0 heterocycles. The van der Waals surface area contributed by atoms with Gasteiger partial charge in [0.15, 0.2) is 6.29 Å². The SMILES string of the molecule is O=Cc1c(Br)ccc(I)c1F. The van der Waals surface area contributed by atoms with Crippen molar-refractivity contribution in [2.75, 3.05) is 0 Å². The van der Waals surface area contributed by atoms with Gasteiger partial charge in [-0.25, -0.2) is 4.39 Å². The summed E-state index contributed by atoms with van der Waals surface area (Å²) in [5.41, 5.74) is 0.0805. The van der Waals surface area contributed by atoms with Gasteiger partial charge in [-0.3, -0.25) is 4.79 Å². The van der Waals surface area contributed by atoms with Crippen molar-refractivity contribution in [1.82, 2.24) is 0 Å². The third kappa shape index (κ3) is 1.79. The van der Waals surface area contributed by atoms with E-state index in [9.17, 15) is 9.18 Å². The molecular weight excluding hydrogens is 326 g/mol. The highest BCUT2D eigenvalue weighted by Gasteiger charge is 2.08. The molecule has 0 radical (unpaired) electrons. The Balaban J connectivity index is 3.40. The second-order valence-corrected chi connectivity index (χ2v) is 3.89. The minimum Gasteiger partial charge on any atom is -0.298 e. The van der Waals surface area contributed by atoms with Crippen molar-refractivity contribution >= 4 is 44.8 Å². The molecule has 0 aromatic heterocycles. The Hall–Kier alpha value is 0.0300. The first-order valence-corrected chi connectivity index (χ1v) is 4.62. The van der Waals surface area contributed by atoms with E-state index in [1.807, 2.05) is 22.6 Å². The molecule has 11 heavy (non-hydrogen) atoms. The van der Waals surface area contributed by atoms with Crippen molar-refractivity contribution in [2.45, 2.75) is 0 Å². The molecule has 1 aromatic carbocycles. The van der Waals surface area contributed by atoms with E-state index in [1.165, 1.54) is 0 Å². The Bertz CT molecular complexity index is 301. The van der Waals surface area contributed by atoms with E-state index in [1.54, 1.807) is 12.1 Å². The first kappa shape index (κ1) is 9.12. The highest BCUT2D eigenvalue weighted by Crippen LogP contribution is 2.21. The van der Waals surface area contributed by atoms with E-state index in [0.717, 1.165) is 0 Å². The molecule has 0 spiro atoms. The second kappa shape index (κ2) is 3.62. The first-order chi connectivity index (χ1) is 5.16. The largest absolute Gasteiger partial charge is 0.298 e. The maximum absolute atomic E-state index is 13.0. The van der Waals surface area contributed by atoms with Crippen LogP contribution in [0, 0.1) is 9.39 Å². The Morgan fingerprint density at radius 1 is 1.55 bits per heavy atom. The zero-order valence-corrected chi connectivity index (χ0v) is 9.02. The molecule has 1 nitrogen and oxygen atoms in total. The van der Waals surface area contributed by atoms with Crippen LogP contribution in [0.2, 0.25) is 0 Å². The lowest BCUT2D eigenvalue weighted by molar-refractivity contribution is 0.111. The summed E-state index contributed by atoms with van der Waals surface area (Å²) >= 11 is 4.90. The fourth-order valence-corrected chi connectivity index (χ4v) is 1.52. The van der Waals surface area contributed by atoms with Crippen LogP contribution in [0.25, 0.3) is 0 Å². The summed E-state index contributed by atoms with van der Waals surface area (Å²) < 4.78 is 13.9. The molecule has 1 rings (SSSR count). The van der Waals surface area contributed by atoms with E-state index in [4.69, 9.17) is 0 Å². The maximum Gasteiger partial charge on any atom is 0.154 e. The lowest BCUT2D eigenvalue weighted by Gasteiger charge is -1.99. The molecule has 0 atom stereocenters. The number of hydrogen-bond acceptors (Lipinski definition) is 1. The summed E-state index contributed by atoms with van der Waals surface area (Å²) in [6.07, 6.45) is 0.502. The minimum absolute atomic E-state index is 0.0805. The van der Waals surface area contributed by atoms with Crippen molar-refractivity contribution < 1.29 is 9.18 Å². The number of halogens is 3. The summed E-state index contributed by atoms with van der Waals surface area (Å²) in [6, 6.07) is 3.25. The van der Waals surface area contributed by atoms with Crippen molar-refractivity contribution in [3.05, 3.63) is 31.6 Å². The van der Waals surface area contributed by atoms with Crippen LogP contribution >= 0.6 is 38.5 Å². The van der Waals surface area contributed by atoms with Crippen molar-refractivity contribution in [1.29, 1.82) is 0 Å². The fraction of sp³-hybridized carbons (Fsp3) is 0. The van der Waals surface area contributed by atoms with Crippen LogP contribution in [0.15, 0.2) is 16.6 Å². The van der Waals surface area contributed by atoms with Crippen LogP contribution in [-0.2, 0) is 0 Å². The highest BCUT2D eigenvalue weighted by atomic mass is 127. The molecule has 0 fully saturated rings. The van der Waals surface area contributed by atoms with Gasteiger partial charge in [0.25, 0.3) is 0 Å². The Labute approximate surface area is 85.3 Å². The van der Waals surface area contributed by atoms with E-state index < -0.39 is 5.82 Å². The molecule has 0 aliphatic carbocycles. The van der Waals surface area contributed by atoms with Gasteiger partial charge in [0.1, 0.15) is 5.82 Å². The fourth-order valence-electron chi connectivity index (χ4n) is 0.651. The molecule has 0 amide bonds. The van der Waals surface area contributed by atoms with Gasteiger partial charge < -0.3 is 0 Å². The smallest absolute Gasteiger partial charge is 0.154 e. The Kier molecular flexibility index (Phi) is 3.00. The second-order valence-electron chi connectivity index (χ2n) is 1.87. The third-order valence-corrected chi connectivity index (χ3v) is 2.72. The van der Waals surface area contributed by atoms with Gasteiger partial charge in [-0.05, 0) is 50.7 Å². The molecule has 4 heteroatoms. The van der Waals surface area contributed by atoms with Gasteiger partial charge in [0, 0.05) is 8.04 Å². The lowest BCUT2D eigenvalue weighted by atomic mass is 10.2. The molecule has 0 aliphatic heterocycles. The van der Waals surface area contributed by atoms with Crippen LogP contribution < -0.4 is 0 Å². The van der Waals surface area contributed by atoms with Crippen LogP contribution in [0.1, 0.15) is 10.4 Å². The van der Waals surface area contributed by atoms with Crippen LogP contribution in [-0.4, -0.2) is 6.29 Å². The molecule has 58 valence electrons. The maximum atomic E-state index is 13.0. The number of carbonyl (C=O) groups is 1. The molecule has 0 N–H and O–H groups in total. The number of carbonyl (C=O) groups excluding carboxylic acids is 1. The number of hydrogen-bond donors (Lipinski definition) is 0. The van der Waals surface area contributed by atoms with Gasteiger partial charge in [-0.15, -0.1) is 0 Å². The van der Waals surface area contributed by atoms with Gasteiger partial charge in [0.05, 0.1) is 5.56 Å². The van der Waals surface area contributed by atoms with E-state index in [-0.39, 0.29) is 5.56 Å². The number of aldehydes is 1. The average molecular weight is 329 g/mol. The molecule has 0 aliphatic rings. The van der Waals surface area contributed by atoms with Gasteiger partial charge in [-0.2, -0.15) is 0 Å².